The third-order valence-electron chi connectivity index (χ3n) is 3.34. The average molecular weight is 254 g/mol. The van der Waals surface area contributed by atoms with Crippen molar-refractivity contribution in [2.24, 2.45) is 5.92 Å². The molecule has 0 spiro atoms. The summed E-state index contributed by atoms with van der Waals surface area (Å²) in [5.74, 6) is 0.547. The number of hydrogen-bond acceptors (Lipinski definition) is 2. The molecule has 19 heavy (non-hydrogen) atoms. The first kappa shape index (κ1) is 13.8. The summed E-state index contributed by atoms with van der Waals surface area (Å²) in [5, 5.41) is 4.64. The van der Waals surface area contributed by atoms with Gasteiger partial charge in [0.25, 0.3) is 0 Å². The Labute approximate surface area is 115 Å². The first-order chi connectivity index (χ1) is 9.22. The van der Waals surface area contributed by atoms with Crippen LogP contribution in [0.3, 0.4) is 0 Å². The molecule has 0 aliphatic heterocycles. The fourth-order valence-electron chi connectivity index (χ4n) is 2.13. The number of likely N-dealkylation sites (N-methyl/N-ethyl adjacent to an activating group) is 1. The third kappa shape index (κ3) is 3.42. The minimum absolute atomic E-state index is 0.547. The Morgan fingerprint density at radius 2 is 2.05 bits per heavy atom. The Morgan fingerprint density at radius 1 is 1.26 bits per heavy atom. The van der Waals surface area contributed by atoms with Crippen LogP contribution in [0.25, 0.3) is 17.0 Å². The van der Waals surface area contributed by atoms with E-state index >= 15 is 0 Å². The SMILES string of the molecule is CCNCC(=Cc1ccnc2ccccc12)C(C)C. The van der Waals surface area contributed by atoms with Crippen molar-refractivity contribution in [3.63, 3.8) is 0 Å². The lowest BCUT2D eigenvalue weighted by Crippen LogP contribution is -2.18. The van der Waals surface area contributed by atoms with Gasteiger partial charge in [-0.15, -0.1) is 0 Å². The lowest BCUT2D eigenvalue weighted by molar-refractivity contribution is 0.682. The summed E-state index contributed by atoms with van der Waals surface area (Å²) in [4.78, 5) is 4.41. The highest BCUT2D eigenvalue weighted by molar-refractivity contribution is 5.87. The molecule has 2 rings (SSSR count). The third-order valence-corrected chi connectivity index (χ3v) is 3.34. The Kier molecular flexibility index (Phi) is 4.69. The Morgan fingerprint density at radius 3 is 2.79 bits per heavy atom. The second-order valence-corrected chi connectivity index (χ2v) is 5.07. The molecular formula is C17H22N2. The molecule has 0 aliphatic carbocycles. The highest BCUT2D eigenvalue weighted by atomic mass is 14.8. The summed E-state index contributed by atoms with van der Waals surface area (Å²) < 4.78 is 0. The van der Waals surface area contributed by atoms with Gasteiger partial charge in [0.05, 0.1) is 5.52 Å². The highest BCUT2D eigenvalue weighted by Crippen LogP contribution is 2.21. The topological polar surface area (TPSA) is 24.9 Å². The molecule has 0 atom stereocenters. The quantitative estimate of drug-likeness (QED) is 0.875. The summed E-state index contributed by atoms with van der Waals surface area (Å²) in [6.45, 7) is 8.57. The molecule has 2 aromatic rings. The Hall–Kier alpha value is -1.67. The number of nitrogens with one attached hydrogen (secondary N) is 1. The molecule has 0 aliphatic rings. The van der Waals surface area contributed by atoms with Gasteiger partial charge in [0.1, 0.15) is 0 Å². The smallest absolute Gasteiger partial charge is 0.0707 e. The fourth-order valence-corrected chi connectivity index (χ4v) is 2.13. The number of nitrogens with zero attached hydrogens (tertiary/aromatic N) is 1. The van der Waals surface area contributed by atoms with E-state index in [4.69, 9.17) is 0 Å². The zero-order chi connectivity index (χ0) is 13.7. The van der Waals surface area contributed by atoms with E-state index in [0.29, 0.717) is 5.92 Å². The van der Waals surface area contributed by atoms with Gasteiger partial charge in [-0.3, -0.25) is 4.98 Å². The molecular weight excluding hydrogens is 232 g/mol. The monoisotopic (exact) mass is 254 g/mol. The lowest BCUT2D eigenvalue weighted by Gasteiger charge is -2.13. The first-order valence-corrected chi connectivity index (χ1v) is 6.97. The normalized spacial score (nSPS) is 12.3. The van der Waals surface area contributed by atoms with Crippen LogP contribution in [0.5, 0.6) is 0 Å². The van der Waals surface area contributed by atoms with Crippen LogP contribution in [-0.4, -0.2) is 18.1 Å². The maximum absolute atomic E-state index is 4.41. The second kappa shape index (κ2) is 6.48. The van der Waals surface area contributed by atoms with E-state index < -0.39 is 0 Å². The molecule has 1 heterocycles. The summed E-state index contributed by atoms with van der Waals surface area (Å²) >= 11 is 0. The summed E-state index contributed by atoms with van der Waals surface area (Å²) in [7, 11) is 0. The molecule has 0 radical (unpaired) electrons. The van der Waals surface area contributed by atoms with Gasteiger partial charge in [0.2, 0.25) is 0 Å². The van der Waals surface area contributed by atoms with Crippen LogP contribution in [-0.2, 0) is 0 Å². The summed E-state index contributed by atoms with van der Waals surface area (Å²) in [6, 6.07) is 10.4. The predicted octanol–water partition coefficient (Wildman–Crippen LogP) is 3.88. The van der Waals surface area contributed by atoms with Gasteiger partial charge >= 0.3 is 0 Å². The van der Waals surface area contributed by atoms with Crippen LogP contribution in [0.1, 0.15) is 26.3 Å². The number of fused-ring (bicyclic) bond motifs is 1. The van der Waals surface area contributed by atoms with Gasteiger partial charge < -0.3 is 5.32 Å². The van der Waals surface area contributed by atoms with Gasteiger partial charge in [-0.1, -0.05) is 50.6 Å². The van der Waals surface area contributed by atoms with Crippen LogP contribution in [0.15, 0.2) is 42.1 Å². The van der Waals surface area contributed by atoms with E-state index in [9.17, 15) is 0 Å². The number of pyridine rings is 1. The van der Waals surface area contributed by atoms with Gasteiger partial charge in [-0.05, 0) is 30.2 Å². The largest absolute Gasteiger partial charge is 0.313 e. The molecule has 0 saturated heterocycles. The van der Waals surface area contributed by atoms with Crippen LogP contribution < -0.4 is 5.32 Å². The van der Waals surface area contributed by atoms with Crippen molar-refractivity contribution in [3.05, 3.63) is 47.7 Å². The molecule has 2 nitrogen and oxygen atoms in total. The van der Waals surface area contributed by atoms with Gasteiger partial charge in [0.15, 0.2) is 0 Å². The maximum Gasteiger partial charge on any atom is 0.0707 e. The van der Waals surface area contributed by atoms with Crippen LogP contribution in [0, 0.1) is 5.92 Å². The zero-order valence-electron chi connectivity index (χ0n) is 12.0. The van der Waals surface area contributed by atoms with Gasteiger partial charge in [-0.2, -0.15) is 0 Å². The van der Waals surface area contributed by atoms with Gasteiger partial charge in [0, 0.05) is 18.1 Å². The van der Waals surface area contributed by atoms with E-state index in [1.165, 1.54) is 16.5 Å². The van der Waals surface area contributed by atoms with Crippen molar-refractivity contribution in [1.82, 2.24) is 10.3 Å². The number of aromatic nitrogens is 1. The Balaban J connectivity index is 2.42. The minimum atomic E-state index is 0.547. The molecule has 0 fully saturated rings. The fraction of sp³-hybridized carbons (Fsp3) is 0.353. The Bertz CT molecular complexity index is 565. The second-order valence-electron chi connectivity index (χ2n) is 5.07. The molecule has 1 aromatic heterocycles. The van der Waals surface area contributed by atoms with Crippen molar-refractivity contribution < 1.29 is 0 Å². The minimum Gasteiger partial charge on any atom is -0.313 e. The average Bonchev–Trinajstić information content (AvgIpc) is 2.43. The van der Waals surface area contributed by atoms with Gasteiger partial charge in [-0.25, -0.2) is 0 Å². The number of rotatable bonds is 5. The van der Waals surface area contributed by atoms with Crippen molar-refractivity contribution in [2.75, 3.05) is 13.1 Å². The van der Waals surface area contributed by atoms with Crippen LogP contribution >= 0.6 is 0 Å². The molecule has 0 unspecified atom stereocenters. The number of para-hydroxylation sites is 1. The standard InChI is InChI=1S/C17H22N2/c1-4-18-12-15(13(2)3)11-14-9-10-19-17-8-6-5-7-16(14)17/h5-11,13,18H,4,12H2,1-3H3. The van der Waals surface area contributed by atoms with Crippen molar-refractivity contribution >= 4 is 17.0 Å². The molecule has 100 valence electrons. The molecule has 1 aromatic carbocycles. The van der Waals surface area contributed by atoms with E-state index in [1.54, 1.807) is 0 Å². The van der Waals surface area contributed by atoms with Crippen LogP contribution in [0.2, 0.25) is 0 Å². The van der Waals surface area contributed by atoms with E-state index in [-0.39, 0.29) is 0 Å². The molecule has 0 saturated carbocycles. The molecule has 0 bridgehead atoms. The van der Waals surface area contributed by atoms with E-state index in [1.807, 2.05) is 12.3 Å². The predicted molar refractivity (Wildman–Crippen MR) is 83.1 cm³/mol. The number of hydrogen-bond donors (Lipinski definition) is 1. The zero-order valence-corrected chi connectivity index (χ0v) is 12.0. The molecule has 0 amide bonds. The molecule has 2 heteroatoms. The molecule has 1 N–H and O–H groups in total. The van der Waals surface area contributed by atoms with Crippen LogP contribution in [0.4, 0.5) is 0 Å². The summed E-state index contributed by atoms with van der Waals surface area (Å²) in [5.41, 5.74) is 3.74. The lowest BCUT2D eigenvalue weighted by atomic mass is 9.98. The highest BCUT2D eigenvalue weighted by Gasteiger charge is 2.05. The number of benzene rings is 1. The maximum atomic E-state index is 4.41. The van der Waals surface area contributed by atoms with E-state index in [0.717, 1.165) is 18.6 Å². The van der Waals surface area contributed by atoms with Crippen molar-refractivity contribution in [1.29, 1.82) is 0 Å². The van der Waals surface area contributed by atoms with E-state index in [2.05, 4.69) is 61.4 Å². The van der Waals surface area contributed by atoms with Crippen molar-refractivity contribution in [3.8, 4) is 0 Å². The summed E-state index contributed by atoms with van der Waals surface area (Å²) in [6.07, 6.45) is 4.19. The first-order valence-electron chi connectivity index (χ1n) is 6.97. The van der Waals surface area contributed by atoms with Crippen molar-refractivity contribution in [2.45, 2.75) is 20.8 Å².